The zero-order chi connectivity index (χ0) is 18.3. The molecule has 0 aromatic heterocycles. The van der Waals surface area contributed by atoms with Crippen LogP contribution in [-0.2, 0) is 28.9 Å². The molecule has 0 aliphatic carbocycles. The van der Waals surface area contributed by atoms with Crippen molar-refractivity contribution in [1.82, 2.24) is 4.90 Å². The Morgan fingerprint density at radius 2 is 2.00 bits per heavy atom. The zero-order valence-corrected chi connectivity index (χ0v) is 15.2. The van der Waals surface area contributed by atoms with Crippen molar-refractivity contribution < 1.29 is 9.59 Å². The number of amides is 2. The molecule has 2 amide bonds. The summed E-state index contributed by atoms with van der Waals surface area (Å²) in [4.78, 5) is 28.7. The van der Waals surface area contributed by atoms with Crippen LogP contribution in [0.3, 0.4) is 0 Å². The van der Waals surface area contributed by atoms with Gasteiger partial charge in [0, 0.05) is 24.0 Å². The Kier molecular flexibility index (Phi) is 4.24. The Morgan fingerprint density at radius 1 is 1.19 bits per heavy atom. The van der Waals surface area contributed by atoms with Gasteiger partial charge in [0.05, 0.1) is 12.8 Å². The highest BCUT2D eigenvalue weighted by molar-refractivity contribution is 6.00. The molecule has 5 heteroatoms. The Bertz CT molecular complexity index is 875. The second-order valence-electron chi connectivity index (χ2n) is 7.35. The van der Waals surface area contributed by atoms with Gasteiger partial charge < -0.3 is 15.1 Å². The number of benzene rings is 2. The number of carbonyl (C=O) groups is 2. The van der Waals surface area contributed by atoms with Crippen molar-refractivity contribution in [3.63, 3.8) is 0 Å². The van der Waals surface area contributed by atoms with E-state index in [1.165, 1.54) is 5.56 Å². The van der Waals surface area contributed by atoms with Crippen molar-refractivity contribution in [2.75, 3.05) is 30.9 Å². The number of hydrogen-bond donors (Lipinski definition) is 1. The van der Waals surface area contributed by atoms with E-state index in [9.17, 15) is 9.59 Å². The standard InChI is InChI=1S/C21H23N3O2/c1-23(2)17-11-16-5-3-4-6-19(16)24(13-17)21(26)10-14-7-8-15-12-20(25)22-18(15)9-14/h3-9,17H,10-13H2,1-2H3,(H,22,25). The molecule has 2 aliphatic rings. The number of fused-ring (bicyclic) bond motifs is 2. The molecule has 4 rings (SSSR count). The van der Waals surface area contributed by atoms with Gasteiger partial charge in [0.25, 0.3) is 0 Å². The molecule has 1 N–H and O–H groups in total. The van der Waals surface area contributed by atoms with Gasteiger partial charge in [-0.3, -0.25) is 9.59 Å². The highest BCUT2D eigenvalue weighted by atomic mass is 16.2. The van der Waals surface area contributed by atoms with E-state index < -0.39 is 0 Å². The number of nitrogens with one attached hydrogen (secondary N) is 1. The molecule has 26 heavy (non-hydrogen) atoms. The fourth-order valence-corrected chi connectivity index (χ4v) is 3.80. The second kappa shape index (κ2) is 6.57. The lowest BCUT2D eigenvalue weighted by atomic mass is 9.96. The minimum atomic E-state index is 0.0160. The van der Waals surface area contributed by atoms with Crippen LogP contribution in [0, 0.1) is 0 Å². The first-order valence-electron chi connectivity index (χ1n) is 8.97. The van der Waals surface area contributed by atoms with Crippen molar-refractivity contribution >= 4 is 23.2 Å². The second-order valence-corrected chi connectivity index (χ2v) is 7.35. The Morgan fingerprint density at radius 3 is 2.81 bits per heavy atom. The quantitative estimate of drug-likeness (QED) is 0.925. The maximum Gasteiger partial charge on any atom is 0.231 e. The summed E-state index contributed by atoms with van der Waals surface area (Å²) < 4.78 is 0. The van der Waals surface area contributed by atoms with Crippen molar-refractivity contribution in [2.24, 2.45) is 0 Å². The molecular weight excluding hydrogens is 326 g/mol. The lowest BCUT2D eigenvalue weighted by molar-refractivity contribution is -0.118. The predicted molar refractivity (Wildman–Crippen MR) is 102 cm³/mol. The average Bonchev–Trinajstić information content (AvgIpc) is 2.99. The summed E-state index contributed by atoms with van der Waals surface area (Å²) in [5.41, 5.74) is 5.00. The maximum absolute atomic E-state index is 13.1. The van der Waals surface area contributed by atoms with Crippen molar-refractivity contribution in [3.8, 4) is 0 Å². The summed E-state index contributed by atoms with van der Waals surface area (Å²) in [5.74, 6) is 0.107. The van der Waals surface area contributed by atoms with Gasteiger partial charge >= 0.3 is 0 Å². The van der Waals surface area contributed by atoms with E-state index in [-0.39, 0.29) is 11.8 Å². The molecule has 134 valence electrons. The molecule has 0 fully saturated rings. The van der Waals surface area contributed by atoms with E-state index in [0.29, 0.717) is 25.4 Å². The molecule has 2 aliphatic heterocycles. The van der Waals surface area contributed by atoms with Gasteiger partial charge in [-0.25, -0.2) is 0 Å². The van der Waals surface area contributed by atoms with Crippen LogP contribution in [-0.4, -0.2) is 43.4 Å². The van der Waals surface area contributed by atoms with Gasteiger partial charge in [0.2, 0.25) is 11.8 Å². The topological polar surface area (TPSA) is 52.6 Å². The van der Waals surface area contributed by atoms with E-state index in [4.69, 9.17) is 0 Å². The summed E-state index contributed by atoms with van der Waals surface area (Å²) in [6.07, 6.45) is 1.71. The van der Waals surface area contributed by atoms with E-state index >= 15 is 0 Å². The number of rotatable bonds is 3. The van der Waals surface area contributed by atoms with Gasteiger partial charge in [-0.15, -0.1) is 0 Å². The summed E-state index contributed by atoms with van der Waals surface area (Å²) in [6.45, 7) is 0.699. The molecule has 0 saturated carbocycles. The fraction of sp³-hybridized carbons (Fsp3) is 0.333. The summed E-state index contributed by atoms with van der Waals surface area (Å²) in [6, 6.07) is 14.3. The average molecular weight is 349 g/mol. The molecule has 5 nitrogen and oxygen atoms in total. The van der Waals surface area contributed by atoms with Gasteiger partial charge in [-0.2, -0.15) is 0 Å². The molecule has 0 saturated heterocycles. The first-order chi connectivity index (χ1) is 12.5. The zero-order valence-electron chi connectivity index (χ0n) is 15.2. The minimum Gasteiger partial charge on any atom is -0.326 e. The van der Waals surface area contributed by atoms with Crippen molar-refractivity contribution in [1.29, 1.82) is 0 Å². The van der Waals surface area contributed by atoms with Gasteiger partial charge in [-0.05, 0) is 49.3 Å². The third kappa shape index (κ3) is 3.10. The van der Waals surface area contributed by atoms with E-state index in [0.717, 1.165) is 28.9 Å². The number of likely N-dealkylation sites (N-methyl/N-ethyl adjacent to an activating group) is 1. The van der Waals surface area contributed by atoms with Crippen LogP contribution >= 0.6 is 0 Å². The summed E-state index contributed by atoms with van der Waals surface area (Å²) in [5, 5.41) is 2.86. The Hall–Kier alpha value is -2.66. The molecule has 0 radical (unpaired) electrons. The molecule has 0 spiro atoms. The molecule has 2 aromatic rings. The minimum absolute atomic E-state index is 0.0160. The highest BCUT2D eigenvalue weighted by Gasteiger charge is 2.29. The molecule has 2 heterocycles. The van der Waals surface area contributed by atoms with Crippen LogP contribution < -0.4 is 10.2 Å². The van der Waals surface area contributed by atoms with Crippen LogP contribution in [0.4, 0.5) is 11.4 Å². The van der Waals surface area contributed by atoms with Gasteiger partial charge in [-0.1, -0.05) is 30.3 Å². The monoisotopic (exact) mass is 349 g/mol. The van der Waals surface area contributed by atoms with E-state index in [2.05, 4.69) is 30.4 Å². The molecule has 0 bridgehead atoms. The van der Waals surface area contributed by atoms with Gasteiger partial charge in [0.15, 0.2) is 0 Å². The van der Waals surface area contributed by atoms with Crippen molar-refractivity contribution in [3.05, 3.63) is 59.2 Å². The first kappa shape index (κ1) is 16.8. The molecule has 1 unspecified atom stereocenters. The van der Waals surface area contributed by atoms with E-state index in [1.807, 2.05) is 41.3 Å². The third-order valence-corrected chi connectivity index (χ3v) is 5.32. The molecular formula is C21H23N3O2. The molecule has 1 atom stereocenters. The fourth-order valence-electron chi connectivity index (χ4n) is 3.80. The smallest absolute Gasteiger partial charge is 0.231 e. The van der Waals surface area contributed by atoms with Gasteiger partial charge in [0.1, 0.15) is 0 Å². The van der Waals surface area contributed by atoms with Crippen LogP contribution in [0.1, 0.15) is 16.7 Å². The van der Waals surface area contributed by atoms with Crippen LogP contribution in [0.5, 0.6) is 0 Å². The summed E-state index contributed by atoms with van der Waals surface area (Å²) >= 11 is 0. The number of anilines is 2. The molecule has 2 aromatic carbocycles. The SMILES string of the molecule is CN(C)C1Cc2ccccc2N(C(=O)Cc2ccc3c(c2)NC(=O)C3)C1. The normalized spacial score (nSPS) is 18.5. The Balaban J connectivity index is 1.58. The largest absolute Gasteiger partial charge is 0.326 e. The van der Waals surface area contributed by atoms with E-state index in [1.54, 1.807) is 0 Å². The predicted octanol–water partition coefficient (Wildman–Crippen LogP) is 2.24. The lowest BCUT2D eigenvalue weighted by Crippen LogP contribution is -2.48. The third-order valence-electron chi connectivity index (χ3n) is 5.32. The summed E-state index contributed by atoms with van der Waals surface area (Å²) in [7, 11) is 4.12. The lowest BCUT2D eigenvalue weighted by Gasteiger charge is -2.37. The number of hydrogen-bond acceptors (Lipinski definition) is 3. The van der Waals surface area contributed by atoms with Crippen LogP contribution in [0.2, 0.25) is 0 Å². The Labute approximate surface area is 153 Å². The number of carbonyl (C=O) groups excluding carboxylic acids is 2. The highest BCUT2D eigenvalue weighted by Crippen LogP contribution is 2.30. The number of para-hydroxylation sites is 1. The maximum atomic E-state index is 13.1. The first-order valence-corrected chi connectivity index (χ1v) is 8.97. The van der Waals surface area contributed by atoms with Crippen LogP contribution in [0.15, 0.2) is 42.5 Å². The number of nitrogens with zero attached hydrogens (tertiary/aromatic N) is 2. The van der Waals surface area contributed by atoms with Crippen LogP contribution in [0.25, 0.3) is 0 Å². The van der Waals surface area contributed by atoms with Crippen molar-refractivity contribution in [2.45, 2.75) is 25.3 Å².